The molecule has 8 heteroatoms. The molecule has 0 radical (unpaired) electrons. The van der Waals surface area contributed by atoms with Crippen LogP contribution >= 0.6 is 43.2 Å². The van der Waals surface area contributed by atoms with Crippen molar-refractivity contribution in [3.8, 4) is 0 Å². The molecule has 2 aromatic heterocycles. The van der Waals surface area contributed by atoms with Crippen molar-refractivity contribution in [3.63, 3.8) is 0 Å². The number of unbranched alkanes of at least 4 members (excludes halogenated alkanes) is 1. The minimum atomic E-state index is 0.707. The van der Waals surface area contributed by atoms with E-state index in [1.807, 2.05) is 53.5 Å². The van der Waals surface area contributed by atoms with Crippen LogP contribution in [0.15, 0.2) is 58.8 Å². The molecule has 28 heavy (non-hydrogen) atoms. The summed E-state index contributed by atoms with van der Waals surface area (Å²) in [6.45, 7) is 5.57. The molecule has 0 bridgehead atoms. The third-order valence-corrected chi connectivity index (χ3v) is 9.05. The van der Waals surface area contributed by atoms with Crippen LogP contribution in [0.1, 0.15) is 32.6 Å². The van der Waals surface area contributed by atoms with E-state index in [1.165, 1.54) is 32.4 Å². The van der Waals surface area contributed by atoms with Crippen LogP contribution in [0.2, 0.25) is 0 Å². The Labute approximate surface area is 185 Å². The fourth-order valence-electron chi connectivity index (χ4n) is 2.28. The van der Waals surface area contributed by atoms with Crippen LogP contribution in [0.3, 0.4) is 0 Å². The Hall–Kier alpha value is -0.380. The van der Waals surface area contributed by atoms with Gasteiger partial charge in [0.2, 0.25) is 0 Å². The van der Waals surface area contributed by atoms with Gasteiger partial charge in [-0.2, -0.15) is 0 Å². The fraction of sp³-hybridized carbons (Fsp3) is 0.500. The summed E-state index contributed by atoms with van der Waals surface area (Å²) < 4.78 is 0. The Morgan fingerprint density at radius 3 is 2.29 bits per heavy atom. The van der Waals surface area contributed by atoms with Crippen molar-refractivity contribution in [2.75, 3.05) is 25.4 Å². The molecule has 1 aliphatic rings. The first-order chi connectivity index (χ1) is 13.8. The molecule has 4 nitrogen and oxygen atoms in total. The molecule has 1 aliphatic heterocycles. The highest BCUT2D eigenvalue weighted by molar-refractivity contribution is 8.77. The Morgan fingerprint density at radius 1 is 1.04 bits per heavy atom. The van der Waals surface area contributed by atoms with Crippen molar-refractivity contribution in [2.45, 2.75) is 48.0 Å². The number of likely N-dealkylation sites (tertiary alicyclic amines) is 1. The first-order valence-electron chi connectivity index (χ1n) is 9.72. The predicted octanol–water partition coefficient (Wildman–Crippen LogP) is 5.82. The molecule has 0 saturated carbocycles. The molecule has 154 valence electrons. The van der Waals surface area contributed by atoms with E-state index in [4.69, 9.17) is 5.73 Å². The Bertz CT molecular complexity index is 618. The van der Waals surface area contributed by atoms with Crippen molar-refractivity contribution in [2.24, 2.45) is 5.73 Å². The quantitative estimate of drug-likeness (QED) is 0.336. The SMILES string of the molecule is CCCCN1CCC1SSc1ccccn1.NCCCSSc1ccccn1. The summed E-state index contributed by atoms with van der Waals surface area (Å²) in [4.78, 5) is 11.1. The molecule has 1 saturated heterocycles. The third kappa shape index (κ3) is 9.89. The predicted molar refractivity (Wildman–Crippen MR) is 129 cm³/mol. The molecular weight excluding hydrogens is 425 g/mol. The molecule has 2 aromatic rings. The zero-order valence-electron chi connectivity index (χ0n) is 16.4. The van der Waals surface area contributed by atoms with E-state index >= 15 is 0 Å². The second-order valence-electron chi connectivity index (χ2n) is 6.20. The van der Waals surface area contributed by atoms with E-state index in [0.717, 1.165) is 28.8 Å². The van der Waals surface area contributed by atoms with E-state index in [-0.39, 0.29) is 0 Å². The van der Waals surface area contributed by atoms with Gasteiger partial charge in [0, 0.05) is 24.7 Å². The minimum absolute atomic E-state index is 0.707. The summed E-state index contributed by atoms with van der Waals surface area (Å²) in [6.07, 6.45) is 8.69. The Balaban J connectivity index is 0.000000209. The highest BCUT2D eigenvalue weighted by atomic mass is 33.1. The molecule has 0 spiro atoms. The van der Waals surface area contributed by atoms with Gasteiger partial charge in [-0.1, -0.05) is 47.1 Å². The molecule has 3 heterocycles. The van der Waals surface area contributed by atoms with Crippen molar-refractivity contribution in [1.82, 2.24) is 14.9 Å². The molecule has 0 aliphatic carbocycles. The monoisotopic (exact) mass is 454 g/mol. The van der Waals surface area contributed by atoms with Crippen LogP contribution in [0.25, 0.3) is 0 Å². The summed E-state index contributed by atoms with van der Waals surface area (Å²) in [5.74, 6) is 1.09. The van der Waals surface area contributed by atoms with Crippen LogP contribution < -0.4 is 5.73 Å². The molecule has 1 fully saturated rings. The number of nitrogens with zero attached hydrogens (tertiary/aromatic N) is 3. The zero-order valence-corrected chi connectivity index (χ0v) is 19.7. The lowest BCUT2D eigenvalue weighted by atomic mass is 10.2. The van der Waals surface area contributed by atoms with Gasteiger partial charge >= 0.3 is 0 Å². The number of aromatic nitrogens is 2. The van der Waals surface area contributed by atoms with E-state index in [0.29, 0.717) is 5.37 Å². The smallest absolute Gasteiger partial charge is 0.107 e. The lowest BCUT2D eigenvalue weighted by molar-refractivity contribution is 0.154. The van der Waals surface area contributed by atoms with Gasteiger partial charge in [-0.25, -0.2) is 9.97 Å². The lowest BCUT2D eigenvalue weighted by Gasteiger charge is -2.39. The van der Waals surface area contributed by atoms with Gasteiger partial charge in [-0.05, 0) is 78.2 Å². The third-order valence-electron chi connectivity index (χ3n) is 3.97. The maximum Gasteiger partial charge on any atom is 0.107 e. The normalized spacial score (nSPS) is 16.1. The van der Waals surface area contributed by atoms with Gasteiger partial charge in [0.15, 0.2) is 0 Å². The van der Waals surface area contributed by atoms with Gasteiger partial charge in [0.25, 0.3) is 0 Å². The number of hydrogen-bond donors (Lipinski definition) is 1. The van der Waals surface area contributed by atoms with E-state index in [9.17, 15) is 0 Å². The molecule has 0 aromatic carbocycles. The van der Waals surface area contributed by atoms with Crippen LogP contribution in [0, 0.1) is 0 Å². The molecule has 1 atom stereocenters. The molecule has 1 unspecified atom stereocenters. The second kappa shape index (κ2) is 15.5. The fourth-order valence-corrected chi connectivity index (χ4v) is 6.83. The van der Waals surface area contributed by atoms with Gasteiger partial charge < -0.3 is 5.73 Å². The number of rotatable bonds is 11. The maximum absolute atomic E-state index is 5.37. The Morgan fingerprint density at radius 2 is 1.75 bits per heavy atom. The number of nitrogens with two attached hydrogens (primary N) is 1. The highest BCUT2D eigenvalue weighted by Crippen LogP contribution is 2.40. The van der Waals surface area contributed by atoms with Gasteiger partial charge in [0.1, 0.15) is 10.1 Å². The van der Waals surface area contributed by atoms with Crippen molar-refractivity contribution < 1.29 is 0 Å². The summed E-state index contributed by atoms with van der Waals surface area (Å²) in [6, 6.07) is 12.0. The van der Waals surface area contributed by atoms with Crippen LogP contribution in [0.5, 0.6) is 0 Å². The van der Waals surface area contributed by atoms with Gasteiger partial charge in [0.05, 0.1) is 5.37 Å². The van der Waals surface area contributed by atoms with Crippen LogP contribution in [-0.2, 0) is 0 Å². The van der Waals surface area contributed by atoms with Crippen molar-refractivity contribution in [1.29, 1.82) is 0 Å². The van der Waals surface area contributed by atoms with E-state index in [1.54, 1.807) is 32.4 Å². The second-order valence-corrected chi connectivity index (χ2v) is 11.0. The molecule has 2 N–H and O–H groups in total. The minimum Gasteiger partial charge on any atom is -0.330 e. The van der Waals surface area contributed by atoms with Crippen molar-refractivity contribution in [3.05, 3.63) is 48.8 Å². The largest absolute Gasteiger partial charge is 0.330 e. The lowest BCUT2D eigenvalue weighted by Crippen LogP contribution is -2.45. The molecule has 3 rings (SSSR count). The standard InChI is InChI=1S/C12H18N2S2.C8H12N2S2/c1-2-3-9-14-10-7-12(14)16-15-11-6-4-5-8-13-11;9-5-3-7-11-12-8-4-1-2-6-10-8/h4-6,8,12H,2-3,7,9-10H2,1H3;1-2,4,6H,3,5,7,9H2. The van der Waals surface area contributed by atoms with Crippen molar-refractivity contribution >= 4 is 43.2 Å². The average Bonchev–Trinajstić information content (AvgIpc) is 2.73. The Kier molecular flexibility index (Phi) is 13.2. The summed E-state index contributed by atoms with van der Waals surface area (Å²) in [5.41, 5.74) is 5.37. The number of pyridine rings is 2. The molecule has 0 amide bonds. The zero-order chi connectivity index (χ0) is 19.9. The summed E-state index contributed by atoms with van der Waals surface area (Å²) >= 11 is 0. The topological polar surface area (TPSA) is 55.0 Å². The first kappa shape index (κ1) is 23.9. The summed E-state index contributed by atoms with van der Waals surface area (Å²) in [5, 5.41) is 2.90. The van der Waals surface area contributed by atoms with E-state index < -0.39 is 0 Å². The van der Waals surface area contributed by atoms with E-state index in [2.05, 4.69) is 27.9 Å². The van der Waals surface area contributed by atoms with Crippen LogP contribution in [-0.4, -0.2) is 45.6 Å². The average molecular weight is 455 g/mol. The summed E-state index contributed by atoms with van der Waals surface area (Å²) in [7, 11) is 7.28. The first-order valence-corrected chi connectivity index (χ1v) is 14.3. The molecular formula is C20H30N4S4. The highest BCUT2D eigenvalue weighted by Gasteiger charge is 2.27. The number of hydrogen-bond acceptors (Lipinski definition) is 8. The van der Waals surface area contributed by atoms with Crippen LogP contribution in [0.4, 0.5) is 0 Å². The van der Waals surface area contributed by atoms with Gasteiger partial charge in [-0.3, -0.25) is 4.90 Å². The van der Waals surface area contributed by atoms with Gasteiger partial charge in [-0.15, -0.1) is 0 Å². The maximum atomic E-state index is 5.37.